The van der Waals surface area contributed by atoms with E-state index in [4.69, 9.17) is 10.3 Å². The van der Waals surface area contributed by atoms with Gasteiger partial charge in [-0.15, -0.1) is 0 Å². The van der Waals surface area contributed by atoms with Gasteiger partial charge in [-0.25, -0.2) is 4.39 Å². The summed E-state index contributed by atoms with van der Waals surface area (Å²) in [5.41, 5.74) is 10.1. The Morgan fingerprint density at radius 2 is 1.67 bits per heavy atom. The number of aryl methyl sites for hydroxylation is 2. The molecule has 1 aromatic heterocycles. The van der Waals surface area contributed by atoms with E-state index in [1.165, 1.54) is 6.07 Å². The molecule has 3 rings (SSSR count). The maximum Gasteiger partial charge on any atom is 0.176 e. The minimum atomic E-state index is -0.247. The standard InChI is InChI=1S/C17H15FN2O/c1-10-3-5-12(6-4-10)15-16(21-20-17(15)19)13-7-8-14(18)11(2)9-13/h3-9H,1-2H3,(H2,19,20). The first-order valence-electron chi connectivity index (χ1n) is 6.65. The molecule has 0 atom stereocenters. The van der Waals surface area contributed by atoms with Gasteiger partial charge in [-0.05, 0) is 43.2 Å². The number of hydrogen-bond acceptors (Lipinski definition) is 3. The molecule has 2 N–H and O–H groups in total. The summed E-state index contributed by atoms with van der Waals surface area (Å²) < 4.78 is 18.8. The van der Waals surface area contributed by atoms with Crippen molar-refractivity contribution < 1.29 is 8.91 Å². The molecule has 0 saturated heterocycles. The zero-order valence-electron chi connectivity index (χ0n) is 11.9. The van der Waals surface area contributed by atoms with Crippen LogP contribution in [-0.4, -0.2) is 5.16 Å². The Morgan fingerprint density at radius 3 is 2.33 bits per heavy atom. The van der Waals surface area contributed by atoms with E-state index in [9.17, 15) is 4.39 Å². The third kappa shape index (κ3) is 2.40. The molecule has 0 aliphatic heterocycles. The predicted octanol–water partition coefficient (Wildman–Crippen LogP) is 4.35. The van der Waals surface area contributed by atoms with Crippen LogP contribution in [0.2, 0.25) is 0 Å². The summed E-state index contributed by atoms with van der Waals surface area (Å²) in [6.07, 6.45) is 0. The van der Waals surface area contributed by atoms with Crippen LogP contribution in [-0.2, 0) is 0 Å². The smallest absolute Gasteiger partial charge is 0.176 e. The van der Waals surface area contributed by atoms with Crippen LogP contribution in [0.25, 0.3) is 22.5 Å². The van der Waals surface area contributed by atoms with Crippen LogP contribution in [0.4, 0.5) is 10.2 Å². The Hall–Kier alpha value is -2.62. The molecule has 106 valence electrons. The van der Waals surface area contributed by atoms with Gasteiger partial charge in [0.25, 0.3) is 0 Å². The van der Waals surface area contributed by atoms with Crippen LogP contribution in [0.3, 0.4) is 0 Å². The van der Waals surface area contributed by atoms with E-state index in [0.29, 0.717) is 17.1 Å². The maximum atomic E-state index is 13.4. The summed E-state index contributed by atoms with van der Waals surface area (Å²) in [7, 11) is 0. The Labute approximate surface area is 122 Å². The summed E-state index contributed by atoms with van der Waals surface area (Å²) >= 11 is 0. The zero-order chi connectivity index (χ0) is 15.0. The molecule has 0 unspecified atom stereocenters. The molecule has 2 aromatic carbocycles. The van der Waals surface area contributed by atoms with Gasteiger partial charge in [0.2, 0.25) is 0 Å². The summed E-state index contributed by atoms with van der Waals surface area (Å²) in [6.45, 7) is 3.73. The van der Waals surface area contributed by atoms with Gasteiger partial charge < -0.3 is 10.3 Å². The predicted molar refractivity (Wildman–Crippen MR) is 81.2 cm³/mol. The number of hydrogen-bond donors (Lipinski definition) is 1. The number of aromatic nitrogens is 1. The number of nitrogen functional groups attached to an aromatic ring is 1. The summed E-state index contributed by atoms with van der Waals surface area (Å²) in [4.78, 5) is 0. The number of nitrogens with zero attached hydrogens (tertiary/aromatic N) is 1. The van der Waals surface area contributed by atoms with Gasteiger partial charge in [0.05, 0.1) is 5.56 Å². The van der Waals surface area contributed by atoms with E-state index >= 15 is 0 Å². The molecule has 0 spiro atoms. The van der Waals surface area contributed by atoms with Gasteiger partial charge in [-0.2, -0.15) is 0 Å². The van der Waals surface area contributed by atoms with Crippen LogP contribution in [0.1, 0.15) is 11.1 Å². The topological polar surface area (TPSA) is 52.0 Å². The van der Waals surface area contributed by atoms with E-state index < -0.39 is 0 Å². The third-order valence-electron chi connectivity index (χ3n) is 3.48. The van der Waals surface area contributed by atoms with Crippen molar-refractivity contribution in [1.29, 1.82) is 0 Å². The van der Waals surface area contributed by atoms with E-state index in [2.05, 4.69) is 5.16 Å². The van der Waals surface area contributed by atoms with Gasteiger partial charge in [0.15, 0.2) is 11.6 Å². The van der Waals surface area contributed by atoms with E-state index in [1.54, 1.807) is 19.1 Å². The average Bonchev–Trinajstić information content (AvgIpc) is 2.85. The summed E-state index contributed by atoms with van der Waals surface area (Å²) in [5, 5.41) is 3.85. The minimum Gasteiger partial charge on any atom is -0.380 e. The van der Waals surface area contributed by atoms with Crippen LogP contribution in [0.15, 0.2) is 47.0 Å². The Morgan fingerprint density at radius 1 is 1.00 bits per heavy atom. The number of halogens is 1. The average molecular weight is 282 g/mol. The monoisotopic (exact) mass is 282 g/mol. The molecule has 0 radical (unpaired) electrons. The van der Waals surface area contributed by atoms with Crippen LogP contribution >= 0.6 is 0 Å². The van der Waals surface area contributed by atoms with Gasteiger partial charge in [-0.1, -0.05) is 35.0 Å². The fraction of sp³-hybridized carbons (Fsp3) is 0.118. The van der Waals surface area contributed by atoms with E-state index in [-0.39, 0.29) is 5.82 Å². The van der Waals surface area contributed by atoms with E-state index in [1.807, 2.05) is 31.2 Å². The molecule has 0 fully saturated rings. The lowest BCUT2D eigenvalue weighted by Gasteiger charge is -2.05. The lowest BCUT2D eigenvalue weighted by atomic mass is 9.99. The largest absolute Gasteiger partial charge is 0.380 e. The molecule has 21 heavy (non-hydrogen) atoms. The molecule has 1 heterocycles. The number of anilines is 1. The Bertz CT molecular complexity index is 791. The number of nitrogens with two attached hydrogens (primary N) is 1. The number of rotatable bonds is 2. The molecule has 0 bridgehead atoms. The van der Waals surface area contributed by atoms with Crippen LogP contribution in [0, 0.1) is 19.7 Å². The van der Waals surface area contributed by atoms with Gasteiger partial charge in [0, 0.05) is 5.56 Å². The second-order valence-corrected chi connectivity index (χ2v) is 5.10. The van der Waals surface area contributed by atoms with Gasteiger partial charge in [0.1, 0.15) is 5.82 Å². The molecule has 0 aliphatic carbocycles. The minimum absolute atomic E-state index is 0.247. The summed E-state index contributed by atoms with van der Waals surface area (Å²) in [5.74, 6) is 0.637. The molecular weight excluding hydrogens is 267 g/mol. The molecular formula is C17H15FN2O. The van der Waals surface area contributed by atoms with Crippen LogP contribution in [0.5, 0.6) is 0 Å². The van der Waals surface area contributed by atoms with Crippen molar-refractivity contribution in [3.63, 3.8) is 0 Å². The molecule has 3 nitrogen and oxygen atoms in total. The highest BCUT2D eigenvalue weighted by Crippen LogP contribution is 2.37. The summed E-state index contributed by atoms with van der Waals surface area (Å²) in [6, 6.07) is 12.8. The van der Waals surface area contributed by atoms with Crippen molar-refractivity contribution in [2.24, 2.45) is 0 Å². The first kappa shape index (κ1) is 13.4. The van der Waals surface area contributed by atoms with Crippen molar-refractivity contribution in [3.05, 3.63) is 59.4 Å². The fourth-order valence-corrected chi connectivity index (χ4v) is 2.28. The lowest BCUT2D eigenvalue weighted by Crippen LogP contribution is -1.90. The zero-order valence-corrected chi connectivity index (χ0v) is 11.9. The highest BCUT2D eigenvalue weighted by atomic mass is 19.1. The first-order chi connectivity index (χ1) is 10.1. The number of benzene rings is 2. The maximum absolute atomic E-state index is 13.4. The van der Waals surface area contributed by atoms with Crippen molar-refractivity contribution in [2.45, 2.75) is 13.8 Å². The molecule has 0 saturated carbocycles. The fourth-order valence-electron chi connectivity index (χ4n) is 2.28. The second-order valence-electron chi connectivity index (χ2n) is 5.10. The highest BCUT2D eigenvalue weighted by molar-refractivity contribution is 5.86. The van der Waals surface area contributed by atoms with Gasteiger partial charge in [-0.3, -0.25) is 0 Å². The van der Waals surface area contributed by atoms with Crippen molar-refractivity contribution >= 4 is 5.82 Å². The normalized spacial score (nSPS) is 10.8. The Balaban J connectivity index is 2.16. The second kappa shape index (κ2) is 5.05. The Kier molecular flexibility index (Phi) is 3.22. The lowest BCUT2D eigenvalue weighted by molar-refractivity contribution is 0.436. The van der Waals surface area contributed by atoms with Crippen molar-refractivity contribution in [1.82, 2.24) is 5.16 Å². The van der Waals surface area contributed by atoms with Crippen molar-refractivity contribution in [2.75, 3.05) is 5.73 Å². The van der Waals surface area contributed by atoms with Crippen molar-refractivity contribution in [3.8, 4) is 22.5 Å². The quantitative estimate of drug-likeness (QED) is 0.760. The van der Waals surface area contributed by atoms with E-state index in [0.717, 1.165) is 22.3 Å². The molecule has 3 aromatic rings. The first-order valence-corrected chi connectivity index (χ1v) is 6.65. The molecule has 4 heteroatoms. The molecule has 0 amide bonds. The van der Waals surface area contributed by atoms with Gasteiger partial charge >= 0.3 is 0 Å². The highest BCUT2D eigenvalue weighted by Gasteiger charge is 2.18. The third-order valence-corrected chi connectivity index (χ3v) is 3.48. The molecule has 0 aliphatic rings. The SMILES string of the molecule is Cc1ccc(-c2c(N)noc2-c2ccc(F)c(C)c2)cc1. The van der Waals surface area contributed by atoms with Crippen LogP contribution < -0.4 is 5.73 Å².